The summed E-state index contributed by atoms with van der Waals surface area (Å²) in [6, 6.07) is 8.69. The summed E-state index contributed by atoms with van der Waals surface area (Å²) in [5.41, 5.74) is -0.375. The lowest BCUT2D eigenvalue weighted by Gasteiger charge is -2.21. The van der Waals surface area contributed by atoms with Gasteiger partial charge in [0.25, 0.3) is 0 Å². The molecule has 0 radical (unpaired) electrons. The van der Waals surface area contributed by atoms with Crippen molar-refractivity contribution in [2.45, 2.75) is 6.18 Å². The van der Waals surface area contributed by atoms with E-state index in [0.29, 0.717) is 5.69 Å². The largest absolute Gasteiger partial charge is 0.437 e. The van der Waals surface area contributed by atoms with E-state index in [1.54, 1.807) is 30.3 Å². The Morgan fingerprint density at radius 2 is 1.61 bits per heavy atom. The number of nitrogens with zero attached hydrogens (tertiary/aromatic N) is 3. The predicted octanol–water partition coefficient (Wildman–Crippen LogP) is 3.26. The Kier molecular flexibility index (Phi) is 3.18. The topological polar surface area (TPSA) is 29.0 Å². The molecule has 3 nitrogen and oxygen atoms in total. The fourth-order valence-corrected chi connectivity index (χ4v) is 1.55. The minimum Gasteiger partial charge on any atom is -0.328 e. The van der Waals surface area contributed by atoms with Crippen molar-refractivity contribution in [3.63, 3.8) is 0 Å². The van der Waals surface area contributed by atoms with Crippen LogP contribution >= 0.6 is 0 Å². The molecule has 0 saturated heterocycles. The highest BCUT2D eigenvalue weighted by molar-refractivity contribution is 5.60. The molecule has 0 bridgehead atoms. The van der Waals surface area contributed by atoms with E-state index in [1.165, 1.54) is 18.1 Å². The number of alkyl halides is 3. The molecule has 94 valence electrons. The molecular weight excluding hydrogens is 243 g/mol. The second-order valence-electron chi connectivity index (χ2n) is 3.62. The smallest absolute Gasteiger partial charge is 0.328 e. The first kappa shape index (κ1) is 12.3. The van der Waals surface area contributed by atoms with Gasteiger partial charge in [-0.3, -0.25) is 0 Å². The number of aromatic nitrogens is 2. The second kappa shape index (κ2) is 4.64. The van der Waals surface area contributed by atoms with E-state index in [1.807, 2.05) is 0 Å². The summed E-state index contributed by atoms with van der Waals surface area (Å²) >= 11 is 0. The number of halogens is 3. The van der Waals surface area contributed by atoms with Crippen LogP contribution in [0.4, 0.5) is 24.7 Å². The SMILES string of the molecule is CN(c1ccccc1)c1nccnc1C(F)(F)F. The van der Waals surface area contributed by atoms with E-state index in [9.17, 15) is 13.2 Å². The third-order valence-electron chi connectivity index (χ3n) is 2.41. The lowest BCUT2D eigenvalue weighted by atomic mass is 10.3. The van der Waals surface area contributed by atoms with E-state index < -0.39 is 11.9 Å². The van der Waals surface area contributed by atoms with Crippen molar-refractivity contribution in [2.24, 2.45) is 0 Å². The first-order valence-corrected chi connectivity index (χ1v) is 5.17. The Labute approximate surface area is 102 Å². The van der Waals surface area contributed by atoms with E-state index in [0.717, 1.165) is 6.20 Å². The number of para-hydroxylation sites is 1. The molecule has 0 unspecified atom stereocenters. The molecule has 0 aliphatic heterocycles. The summed E-state index contributed by atoms with van der Waals surface area (Å²) in [5, 5.41) is 0. The monoisotopic (exact) mass is 253 g/mol. The molecule has 6 heteroatoms. The minimum absolute atomic E-state index is 0.212. The Balaban J connectivity index is 2.46. The Morgan fingerprint density at radius 3 is 2.22 bits per heavy atom. The summed E-state index contributed by atoms with van der Waals surface area (Å²) in [6.45, 7) is 0. The van der Waals surface area contributed by atoms with Crippen molar-refractivity contribution in [1.82, 2.24) is 9.97 Å². The van der Waals surface area contributed by atoms with Crippen LogP contribution in [0.15, 0.2) is 42.7 Å². The highest BCUT2D eigenvalue weighted by Gasteiger charge is 2.37. The fourth-order valence-electron chi connectivity index (χ4n) is 1.55. The van der Waals surface area contributed by atoms with Crippen molar-refractivity contribution >= 4 is 11.5 Å². The Bertz CT molecular complexity index is 526. The van der Waals surface area contributed by atoms with Crippen molar-refractivity contribution in [1.29, 1.82) is 0 Å². The van der Waals surface area contributed by atoms with Gasteiger partial charge in [0, 0.05) is 25.1 Å². The molecular formula is C12H10F3N3. The van der Waals surface area contributed by atoms with Crippen LogP contribution in [0.1, 0.15) is 5.69 Å². The van der Waals surface area contributed by atoms with Crippen molar-refractivity contribution < 1.29 is 13.2 Å². The van der Waals surface area contributed by atoms with Gasteiger partial charge in [-0.1, -0.05) is 18.2 Å². The number of rotatable bonds is 2. The molecule has 0 spiro atoms. The first-order chi connectivity index (χ1) is 8.50. The Hall–Kier alpha value is -2.11. The van der Waals surface area contributed by atoms with Crippen LogP contribution in [-0.4, -0.2) is 17.0 Å². The van der Waals surface area contributed by atoms with Crippen LogP contribution in [0.3, 0.4) is 0 Å². The molecule has 0 aliphatic carbocycles. The second-order valence-corrected chi connectivity index (χ2v) is 3.62. The highest BCUT2D eigenvalue weighted by atomic mass is 19.4. The number of anilines is 2. The van der Waals surface area contributed by atoms with Gasteiger partial charge in [-0.15, -0.1) is 0 Å². The molecule has 2 aromatic rings. The lowest BCUT2D eigenvalue weighted by Crippen LogP contribution is -2.19. The third kappa shape index (κ3) is 2.42. The van der Waals surface area contributed by atoms with Crippen LogP contribution in [0.5, 0.6) is 0 Å². The molecule has 0 atom stereocenters. The molecule has 18 heavy (non-hydrogen) atoms. The van der Waals surface area contributed by atoms with E-state index in [4.69, 9.17) is 0 Å². The van der Waals surface area contributed by atoms with Gasteiger partial charge in [0.15, 0.2) is 11.5 Å². The average Bonchev–Trinajstić information content (AvgIpc) is 2.38. The zero-order valence-electron chi connectivity index (χ0n) is 9.52. The van der Waals surface area contributed by atoms with Gasteiger partial charge in [0.2, 0.25) is 0 Å². The predicted molar refractivity (Wildman–Crippen MR) is 61.5 cm³/mol. The van der Waals surface area contributed by atoms with Gasteiger partial charge in [-0.25, -0.2) is 9.97 Å². The quantitative estimate of drug-likeness (QED) is 0.822. The lowest BCUT2D eigenvalue weighted by molar-refractivity contribution is -0.140. The van der Waals surface area contributed by atoms with Crippen LogP contribution in [-0.2, 0) is 6.18 Å². The van der Waals surface area contributed by atoms with Crippen LogP contribution in [0.2, 0.25) is 0 Å². The van der Waals surface area contributed by atoms with E-state index in [-0.39, 0.29) is 5.82 Å². The maximum atomic E-state index is 12.8. The van der Waals surface area contributed by atoms with E-state index >= 15 is 0 Å². The van der Waals surface area contributed by atoms with Gasteiger partial charge < -0.3 is 4.90 Å². The highest BCUT2D eigenvalue weighted by Crippen LogP contribution is 2.35. The molecule has 1 aromatic heterocycles. The standard InChI is InChI=1S/C12H10F3N3/c1-18(9-5-3-2-4-6-9)11-10(12(13,14)15)16-7-8-17-11/h2-8H,1H3. The van der Waals surface area contributed by atoms with Gasteiger partial charge in [0.1, 0.15) is 0 Å². The van der Waals surface area contributed by atoms with Crippen molar-refractivity contribution in [3.05, 3.63) is 48.4 Å². The first-order valence-electron chi connectivity index (χ1n) is 5.17. The summed E-state index contributed by atoms with van der Waals surface area (Å²) in [6.07, 6.45) is -2.25. The maximum absolute atomic E-state index is 12.8. The Morgan fingerprint density at radius 1 is 1.00 bits per heavy atom. The zero-order valence-corrected chi connectivity index (χ0v) is 9.52. The maximum Gasteiger partial charge on any atom is 0.437 e. The summed E-state index contributed by atoms with van der Waals surface area (Å²) in [4.78, 5) is 8.49. The molecule has 0 fully saturated rings. The molecule has 2 rings (SSSR count). The summed E-state index contributed by atoms with van der Waals surface area (Å²) in [7, 11) is 1.52. The molecule has 1 heterocycles. The minimum atomic E-state index is -4.52. The third-order valence-corrected chi connectivity index (χ3v) is 2.41. The molecule has 0 amide bonds. The van der Waals surface area contributed by atoms with Gasteiger partial charge in [-0.2, -0.15) is 13.2 Å². The van der Waals surface area contributed by atoms with Crippen LogP contribution in [0.25, 0.3) is 0 Å². The number of hydrogen-bond donors (Lipinski definition) is 0. The molecule has 0 aliphatic rings. The van der Waals surface area contributed by atoms with Crippen LogP contribution < -0.4 is 4.90 Å². The van der Waals surface area contributed by atoms with Crippen LogP contribution in [0, 0.1) is 0 Å². The van der Waals surface area contributed by atoms with Gasteiger partial charge in [-0.05, 0) is 12.1 Å². The normalized spacial score (nSPS) is 11.3. The molecule has 1 aromatic carbocycles. The van der Waals surface area contributed by atoms with Crippen molar-refractivity contribution in [2.75, 3.05) is 11.9 Å². The van der Waals surface area contributed by atoms with Crippen molar-refractivity contribution in [3.8, 4) is 0 Å². The average molecular weight is 253 g/mol. The molecule has 0 saturated carbocycles. The number of benzene rings is 1. The van der Waals surface area contributed by atoms with Gasteiger partial charge >= 0.3 is 6.18 Å². The summed E-state index contributed by atoms with van der Waals surface area (Å²) in [5.74, 6) is -0.212. The number of hydrogen-bond acceptors (Lipinski definition) is 3. The zero-order chi connectivity index (χ0) is 13.2. The summed E-state index contributed by atoms with van der Waals surface area (Å²) < 4.78 is 38.4. The van der Waals surface area contributed by atoms with Gasteiger partial charge in [0.05, 0.1) is 0 Å². The molecule has 0 N–H and O–H groups in total. The fraction of sp³-hybridized carbons (Fsp3) is 0.167. The van der Waals surface area contributed by atoms with E-state index in [2.05, 4.69) is 9.97 Å².